The maximum Gasteiger partial charge on any atom is 0.243 e. The summed E-state index contributed by atoms with van der Waals surface area (Å²) in [5.41, 5.74) is 0. The van der Waals surface area contributed by atoms with Crippen molar-refractivity contribution in [2.75, 3.05) is 13.1 Å². The molecule has 0 amide bonds. The van der Waals surface area contributed by atoms with Gasteiger partial charge in [-0.2, -0.15) is 4.31 Å². The Hall–Kier alpha value is -0.990. The van der Waals surface area contributed by atoms with Crippen molar-refractivity contribution in [1.82, 2.24) is 4.31 Å². The first-order valence-corrected chi connectivity index (χ1v) is 7.04. The zero-order valence-corrected chi connectivity index (χ0v) is 11.0. The molecule has 2 rings (SSSR count). The number of rotatable bonds is 3. The van der Waals surface area contributed by atoms with E-state index in [1.54, 1.807) is 12.1 Å². The number of hydrogen-bond donors (Lipinski definition) is 0. The summed E-state index contributed by atoms with van der Waals surface area (Å²) in [6, 6.07) is 5.50. The lowest BCUT2D eigenvalue weighted by Crippen LogP contribution is -2.56. The number of hydrogen-bond acceptors (Lipinski definition) is 4. The minimum Gasteiger partial charge on any atom is -0.264 e. The van der Waals surface area contributed by atoms with Crippen LogP contribution >= 0.6 is 15.9 Å². The monoisotopic (exact) mass is 320 g/mol. The first-order valence-electron chi connectivity index (χ1n) is 4.80. The second kappa shape index (κ2) is 4.35. The van der Waals surface area contributed by atoms with Crippen molar-refractivity contribution in [1.29, 1.82) is 0 Å². The summed E-state index contributed by atoms with van der Waals surface area (Å²) in [4.78, 5) is 10.1. The molecular weight excluding hydrogens is 312 g/mol. The van der Waals surface area contributed by atoms with Gasteiger partial charge in [-0.15, -0.1) is 0 Å². The molecule has 1 aliphatic heterocycles. The van der Waals surface area contributed by atoms with Crippen LogP contribution in [-0.4, -0.2) is 36.8 Å². The maximum atomic E-state index is 12.0. The molecule has 0 atom stereocenters. The summed E-state index contributed by atoms with van der Waals surface area (Å²) in [5.74, 6) is 0. The Morgan fingerprint density at radius 3 is 2.59 bits per heavy atom. The van der Waals surface area contributed by atoms with Gasteiger partial charge in [0, 0.05) is 9.40 Å². The van der Waals surface area contributed by atoms with Crippen molar-refractivity contribution in [2.45, 2.75) is 10.9 Å². The molecule has 0 bridgehead atoms. The fourth-order valence-electron chi connectivity index (χ4n) is 1.52. The Bertz CT molecular complexity index is 554. The van der Waals surface area contributed by atoms with Crippen molar-refractivity contribution >= 4 is 26.0 Å². The lowest BCUT2D eigenvalue weighted by molar-refractivity contribution is -0.535. The maximum absolute atomic E-state index is 12.0. The van der Waals surface area contributed by atoms with Crippen LogP contribution in [0.25, 0.3) is 0 Å². The van der Waals surface area contributed by atoms with Gasteiger partial charge in [0.15, 0.2) is 0 Å². The van der Waals surface area contributed by atoms with Gasteiger partial charge in [-0.25, -0.2) is 8.42 Å². The van der Waals surface area contributed by atoms with E-state index >= 15 is 0 Å². The van der Waals surface area contributed by atoms with E-state index < -0.39 is 21.0 Å². The SMILES string of the molecule is O=[N+]([O-])C1CN(S(=O)(=O)c2cccc(Br)c2)C1. The van der Waals surface area contributed by atoms with Gasteiger partial charge in [-0.05, 0) is 18.2 Å². The average Bonchev–Trinajstić information content (AvgIpc) is 2.13. The Balaban J connectivity index is 2.19. The van der Waals surface area contributed by atoms with E-state index in [0.29, 0.717) is 4.47 Å². The summed E-state index contributed by atoms with van der Waals surface area (Å²) >= 11 is 3.19. The number of benzene rings is 1. The predicted octanol–water partition coefficient (Wildman–Crippen LogP) is 1.10. The number of halogens is 1. The van der Waals surface area contributed by atoms with Gasteiger partial charge in [0.25, 0.3) is 0 Å². The van der Waals surface area contributed by atoms with Crippen LogP contribution in [0, 0.1) is 10.1 Å². The van der Waals surface area contributed by atoms with Gasteiger partial charge in [0.1, 0.15) is 0 Å². The lowest BCUT2D eigenvalue weighted by Gasteiger charge is -2.32. The largest absolute Gasteiger partial charge is 0.264 e. The van der Waals surface area contributed by atoms with Crippen molar-refractivity contribution in [2.24, 2.45) is 0 Å². The Labute approximate surface area is 107 Å². The first-order chi connectivity index (χ1) is 7.91. The second-order valence-electron chi connectivity index (χ2n) is 3.72. The second-order valence-corrected chi connectivity index (χ2v) is 6.57. The van der Waals surface area contributed by atoms with E-state index in [9.17, 15) is 18.5 Å². The Kier molecular flexibility index (Phi) is 3.19. The summed E-state index contributed by atoms with van der Waals surface area (Å²) in [6.07, 6.45) is 0. The van der Waals surface area contributed by atoms with E-state index in [2.05, 4.69) is 15.9 Å². The third-order valence-corrected chi connectivity index (χ3v) is 4.88. The summed E-state index contributed by atoms with van der Waals surface area (Å²) < 4.78 is 25.8. The first kappa shape index (κ1) is 12.5. The molecule has 0 N–H and O–H groups in total. The lowest BCUT2D eigenvalue weighted by atomic mass is 10.2. The van der Waals surface area contributed by atoms with Crippen LogP contribution in [0.1, 0.15) is 0 Å². The minimum atomic E-state index is -3.59. The van der Waals surface area contributed by atoms with Crippen LogP contribution in [0.3, 0.4) is 0 Å². The zero-order chi connectivity index (χ0) is 12.6. The van der Waals surface area contributed by atoms with Crippen molar-refractivity contribution in [3.63, 3.8) is 0 Å². The van der Waals surface area contributed by atoms with Crippen LogP contribution in [0.15, 0.2) is 33.6 Å². The molecule has 0 unspecified atom stereocenters. The topological polar surface area (TPSA) is 80.5 Å². The molecule has 0 aliphatic carbocycles. The molecule has 17 heavy (non-hydrogen) atoms. The average molecular weight is 321 g/mol. The molecule has 0 spiro atoms. The molecule has 0 aromatic heterocycles. The smallest absolute Gasteiger partial charge is 0.243 e. The molecule has 1 aliphatic rings. The van der Waals surface area contributed by atoms with Crippen LogP contribution in [-0.2, 0) is 10.0 Å². The van der Waals surface area contributed by atoms with Crippen LogP contribution in [0.2, 0.25) is 0 Å². The van der Waals surface area contributed by atoms with Crippen molar-refractivity contribution in [3.05, 3.63) is 38.9 Å². The van der Waals surface area contributed by atoms with Crippen molar-refractivity contribution in [3.8, 4) is 0 Å². The molecule has 1 aromatic carbocycles. The van der Waals surface area contributed by atoms with E-state index in [0.717, 1.165) is 4.31 Å². The molecule has 1 saturated heterocycles. The van der Waals surface area contributed by atoms with Crippen molar-refractivity contribution < 1.29 is 13.3 Å². The normalized spacial score (nSPS) is 17.7. The highest BCUT2D eigenvalue weighted by molar-refractivity contribution is 9.10. The van der Waals surface area contributed by atoms with Gasteiger partial charge in [-0.3, -0.25) is 10.1 Å². The summed E-state index contributed by atoms with van der Waals surface area (Å²) in [7, 11) is -3.59. The molecule has 1 heterocycles. The zero-order valence-electron chi connectivity index (χ0n) is 8.61. The standard InChI is InChI=1S/C9H9BrN2O4S/c10-7-2-1-3-9(4-7)17(15,16)11-5-8(6-11)12(13)14/h1-4,8H,5-6H2. The Morgan fingerprint density at radius 1 is 1.41 bits per heavy atom. The molecule has 1 aromatic rings. The number of nitrogens with zero attached hydrogens (tertiary/aromatic N) is 2. The van der Waals surface area contributed by atoms with Gasteiger partial charge < -0.3 is 0 Å². The number of sulfonamides is 1. The van der Waals surface area contributed by atoms with Gasteiger partial charge >= 0.3 is 0 Å². The Morgan fingerprint density at radius 2 is 2.06 bits per heavy atom. The van der Waals surface area contributed by atoms with E-state index in [4.69, 9.17) is 0 Å². The highest BCUT2D eigenvalue weighted by atomic mass is 79.9. The van der Waals surface area contributed by atoms with E-state index in [1.807, 2.05) is 0 Å². The van der Waals surface area contributed by atoms with Gasteiger partial charge in [0.2, 0.25) is 16.1 Å². The molecule has 92 valence electrons. The van der Waals surface area contributed by atoms with Crippen LogP contribution in [0.4, 0.5) is 0 Å². The van der Waals surface area contributed by atoms with Gasteiger partial charge in [0.05, 0.1) is 18.0 Å². The van der Waals surface area contributed by atoms with E-state index in [1.165, 1.54) is 12.1 Å². The predicted molar refractivity (Wildman–Crippen MR) is 63.7 cm³/mol. The molecule has 0 radical (unpaired) electrons. The number of nitro groups is 1. The molecule has 1 fully saturated rings. The molecule has 0 saturated carbocycles. The quantitative estimate of drug-likeness (QED) is 0.617. The minimum absolute atomic E-state index is 0.0537. The van der Waals surface area contributed by atoms with Crippen LogP contribution < -0.4 is 0 Å². The highest BCUT2D eigenvalue weighted by Crippen LogP contribution is 2.24. The molecule has 6 nitrogen and oxygen atoms in total. The van der Waals surface area contributed by atoms with E-state index in [-0.39, 0.29) is 18.0 Å². The molecule has 8 heteroatoms. The van der Waals surface area contributed by atoms with Gasteiger partial charge in [-0.1, -0.05) is 22.0 Å². The fraction of sp³-hybridized carbons (Fsp3) is 0.333. The van der Waals surface area contributed by atoms with Crippen LogP contribution in [0.5, 0.6) is 0 Å². The third kappa shape index (κ3) is 2.33. The fourth-order valence-corrected chi connectivity index (χ4v) is 3.63. The summed E-state index contributed by atoms with van der Waals surface area (Å²) in [5, 5.41) is 10.4. The highest BCUT2D eigenvalue weighted by Gasteiger charge is 2.43. The summed E-state index contributed by atoms with van der Waals surface area (Å²) in [6.45, 7) is -0.107. The molecular formula is C9H9BrN2O4S. The third-order valence-electron chi connectivity index (χ3n) is 2.56.